The first-order valence-corrected chi connectivity index (χ1v) is 6.17. The molecule has 0 unspecified atom stereocenters. The molecule has 0 radical (unpaired) electrons. The zero-order chi connectivity index (χ0) is 12.3. The maximum absolute atomic E-state index is 11.0. The Morgan fingerprint density at radius 1 is 1.38 bits per heavy atom. The molecule has 1 aromatic rings. The fourth-order valence-electron chi connectivity index (χ4n) is 1.21. The van der Waals surface area contributed by atoms with Crippen LogP contribution in [-0.4, -0.2) is 18.8 Å². The van der Waals surface area contributed by atoms with Crippen LogP contribution in [0.2, 0.25) is 0 Å². The summed E-state index contributed by atoms with van der Waals surface area (Å²) >= 11 is 0. The number of sulfonamides is 1. The molecule has 1 rings (SSSR count). The van der Waals surface area contributed by atoms with Gasteiger partial charge in [-0.15, -0.1) is 0 Å². The van der Waals surface area contributed by atoms with Crippen molar-refractivity contribution < 1.29 is 13.5 Å². The second kappa shape index (κ2) is 4.61. The minimum atomic E-state index is -3.78. The van der Waals surface area contributed by atoms with Crippen LogP contribution in [0.5, 0.6) is 0 Å². The number of primary sulfonamides is 1. The number of aliphatic hydroxyl groups excluding tert-OH is 1. The van der Waals surface area contributed by atoms with Crippen LogP contribution in [0.1, 0.15) is 24.2 Å². The fourth-order valence-corrected chi connectivity index (χ4v) is 1.72. The summed E-state index contributed by atoms with van der Waals surface area (Å²) in [5, 5.41) is 22.2. The molecule has 0 fully saturated rings. The van der Waals surface area contributed by atoms with Crippen LogP contribution in [0.4, 0.5) is 0 Å². The molecule has 0 amide bonds. The lowest BCUT2D eigenvalue weighted by molar-refractivity contribution is 0.176. The van der Waals surface area contributed by atoms with E-state index in [0.717, 1.165) is 0 Å². The molecule has 6 heteroatoms. The topological polar surface area (TPSA) is 104 Å². The Morgan fingerprint density at radius 3 is 2.25 bits per heavy atom. The van der Waals surface area contributed by atoms with Crippen molar-refractivity contribution in [3.8, 4) is 6.07 Å². The summed E-state index contributed by atoms with van der Waals surface area (Å²) in [6.45, 7) is 1.33. The van der Waals surface area contributed by atoms with Crippen molar-refractivity contribution >= 4 is 10.0 Å². The molecule has 16 heavy (non-hydrogen) atoms. The van der Waals surface area contributed by atoms with Gasteiger partial charge in [-0.05, 0) is 24.6 Å². The number of hydrogen-bond acceptors (Lipinski definition) is 4. The average Bonchev–Trinajstić information content (AvgIpc) is 2.26. The van der Waals surface area contributed by atoms with E-state index in [1.165, 1.54) is 31.2 Å². The number of nitrogens with zero attached hydrogens (tertiary/aromatic N) is 1. The molecule has 5 nitrogen and oxygen atoms in total. The van der Waals surface area contributed by atoms with Crippen molar-refractivity contribution in [3.63, 3.8) is 0 Å². The first-order chi connectivity index (χ1) is 7.36. The monoisotopic (exact) mass is 240 g/mol. The van der Waals surface area contributed by atoms with Crippen molar-refractivity contribution in [2.24, 2.45) is 5.14 Å². The maximum atomic E-state index is 11.0. The van der Waals surface area contributed by atoms with Crippen molar-refractivity contribution in [3.05, 3.63) is 35.4 Å². The minimum Gasteiger partial charge on any atom is -0.387 e. The Bertz CT molecular complexity index is 502. The van der Waals surface area contributed by atoms with E-state index in [4.69, 9.17) is 10.4 Å². The number of nitriles is 1. The largest absolute Gasteiger partial charge is 0.387 e. The molecule has 0 saturated carbocycles. The summed E-state index contributed by atoms with van der Waals surface area (Å²) in [5.41, 5.74) is 0.861. The summed E-state index contributed by atoms with van der Waals surface area (Å²) in [5.74, 6) is 0. The second-order valence-electron chi connectivity index (χ2n) is 3.47. The minimum absolute atomic E-state index is 0.417. The third-order valence-electron chi connectivity index (χ3n) is 2.34. The molecule has 0 bridgehead atoms. The van der Waals surface area contributed by atoms with E-state index in [1.807, 2.05) is 6.07 Å². The van der Waals surface area contributed by atoms with Gasteiger partial charge in [-0.1, -0.05) is 12.1 Å². The first kappa shape index (κ1) is 12.6. The standard InChI is InChI=1S/C10H12N2O3S/c1-7(16(12,14)15)10(13)9-4-2-8(6-11)3-5-9/h2-5,7,10,13H,1H3,(H2,12,14,15)/t7-,10-/m0/s1. The molecule has 86 valence electrons. The number of aliphatic hydroxyl groups is 1. The fraction of sp³-hybridized carbons (Fsp3) is 0.300. The highest BCUT2D eigenvalue weighted by Crippen LogP contribution is 2.20. The van der Waals surface area contributed by atoms with E-state index < -0.39 is 21.4 Å². The third-order valence-corrected chi connectivity index (χ3v) is 3.64. The van der Waals surface area contributed by atoms with Gasteiger partial charge in [-0.3, -0.25) is 0 Å². The predicted octanol–water partition coefficient (Wildman–Crippen LogP) is 0.269. The number of hydrogen-bond donors (Lipinski definition) is 2. The Kier molecular flexibility index (Phi) is 3.65. The van der Waals surface area contributed by atoms with Crippen LogP contribution in [0.25, 0.3) is 0 Å². The van der Waals surface area contributed by atoms with E-state index >= 15 is 0 Å². The van der Waals surface area contributed by atoms with Gasteiger partial charge in [-0.25, -0.2) is 13.6 Å². The molecule has 1 aromatic carbocycles. The van der Waals surface area contributed by atoms with Crippen LogP contribution >= 0.6 is 0 Å². The maximum Gasteiger partial charge on any atom is 0.214 e. The van der Waals surface area contributed by atoms with Gasteiger partial charge < -0.3 is 5.11 Å². The van der Waals surface area contributed by atoms with Crippen molar-refractivity contribution in [2.45, 2.75) is 18.3 Å². The lowest BCUT2D eigenvalue weighted by Gasteiger charge is -2.16. The van der Waals surface area contributed by atoms with Crippen LogP contribution in [0.3, 0.4) is 0 Å². The molecule has 0 spiro atoms. The summed E-state index contributed by atoms with van der Waals surface area (Å²) in [4.78, 5) is 0. The Hall–Kier alpha value is -1.42. The summed E-state index contributed by atoms with van der Waals surface area (Å²) in [6.07, 6.45) is -1.19. The highest BCUT2D eigenvalue weighted by atomic mass is 32.2. The molecule has 0 aromatic heterocycles. The van der Waals surface area contributed by atoms with E-state index in [1.54, 1.807) is 0 Å². The van der Waals surface area contributed by atoms with E-state index in [-0.39, 0.29) is 0 Å². The average molecular weight is 240 g/mol. The second-order valence-corrected chi connectivity index (χ2v) is 5.39. The molecule has 0 heterocycles. The van der Waals surface area contributed by atoms with Crippen LogP contribution in [0.15, 0.2) is 24.3 Å². The normalized spacial score (nSPS) is 15.1. The molecule has 0 aliphatic heterocycles. The summed E-state index contributed by atoms with van der Waals surface area (Å²) in [6, 6.07) is 7.95. The molecule has 3 N–H and O–H groups in total. The molecular weight excluding hydrogens is 228 g/mol. The first-order valence-electron chi connectivity index (χ1n) is 4.56. The van der Waals surface area contributed by atoms with Crippen LogP contribution in [0, 0.1) is 11.3 Å². The molecule has 2 atom stereocenters. The highest BCUT2D eigenvalue weighted by molar-refractivity contribution is 7.89. The Morgan fingerprint density at radius 2 is 1.88 bits per heavy atom. The smallest absolute Gasteiger partial charge is 0.214 e. The number of benzene rings is 1. The Balaban J connectivity index is 2.98. The van der Waals surface area contributed by atoms with Crippen molar-refractivity contribution in [1.82, 2.24) is 0 Å². The lowest BCUT2D eigenvalue weighted by atomic mass is 10.1. The summed E-state index contributed by atoms with van der Waals surface area (Å²) in [7, 11) is -3.78. The van der Waals surface area contributed by atoms with Gasteiger partial charge in [0, 0.05) is 0 Å². The molecular formula is C10H12N2O3S. The van der Waals surface area contributed by atoms with Gasteiger partial charge in [0.15, 0.2) is 0 Å². The third kappa shape index (κ3) is 2.79. The van der Waals surface area contributed by atoms with E-state index in [9.17, 15) is 13.5 Å². The van der Waals surface area contributed by atoms with Gasteiger partial charge in [0.2, 0.25) is 10.0 Å². The number of rotatable bonds is 3. The number of nitrogens with two attached hydrogens (primary N) is 1. The van der Waals surface area contributed by atoms with Crippen LogP contribution in [-0.2, 0) is 10.0 Å². The van der Waals surface area contributed by atoms with Gasteiger partial charge in [-0.2, -0.15) is 5.26 Å². The molecule has 0 saturated heterocycles. The van der Waals surface area contributed by atoms with Gasteiger partial charge in [0.25, 0.3) is 0 Å². The SMILES string of the molecule is C[C@@H]([C@H](O)c1ccc(C#N)cc1)S(N)(=O)=O. The molecule has 0 aliphatic carbocycles. The summed E-state index contributed by atoms with van der Waals surface area (Å²) < 4.78 is 22.1. The zero-order valence-electron chi connectivity index (χ0n) is 8.66. The predicted molar refractivity (Wildman–Crippen MR) is 58.7 cm³/mol. The van der Waals surface area contributed by atoms with Gasteiger partial charge in [0.1, 0.15) is 5.25 Å². The lowest BCUT2D eigenvalue weighted by Crippen LogP contribution is -2.31. The van der Waals surface area contributed by atoms with E-state index in [2.05, 4.69) is 0 Å². The van der Waals surface area contributed by atoms with E-state index in [0.29, 0.717) is 11.1 Å². The molecule has 0 aliphatic rings. The quantitative estimate of drug-likeness (QED) is 0.791. The van der Waals surface area contributed by atoms with Crippen molar-refractivity contribution in [2.75, 3.05) is 0 Å². The Labute approximate surface area is 94.2 Å². The van der Waals surface area contributed by atoms with Gasteiger partial charge in [0.05, 0.1) is 17.7 Å². The highest BCUT2D eigenvalue weighted by Gasteiger charge is 2.25. The van der Waals surface area contributed by atoms with Gasteiger partial charge >= 0.3 is 0 Å². The zero-order valence-corrected chi connectivity index (χ0v) is 9.48. The van der Waals surface area contributed by atoms with Crippen molar-refractivity contribution in [1.29, 1.82) is 5.26 Å². The van der Waals surface area contributed by atoms with Crippen LogP contribution < -0.4 is 5.14 Å².